The number of ether oxygens (including phenoxy) is 2. The Balaban J connectivity index is 1.52. The number of nitrogens with zero attached hydrogens (tertiary/aromatic N) is 2. The standard InChI is InChI=1S/C18H21N3O2S/c1-13-17(9-19)18(24-21-13)20-10-14-4-2-5-15(8-14)11-22-12-16-6-3-7-23-16/h2,4-5,8,16,20H,3,6-7,10-12H2,1H3. The van der Waals surface area contributed by atoms with Crippen LogP contribution in [0, 0.1) is 18.3 Å². The van der Waals surface area contributed by atoms with Gasteiger partial charge in [-0.05, 0) is 42.4 Å². The fourth-order valence-corrected chi connectivity index (χ4v) is 3.46. The number of aryl methyl sites for hydroxylation is 1. The zero-order chi connectivity index (χ0) is 16.8. The van der Waals surface area contributed by atoms with Crippen LogP contribution in [-0.2, 0) is 22.6 Å². The fourth-order valence-electron chi connectivity index (χ4n) is 2.72. The second kappa shape index (κ2) is 8.25. The Labute approximate surface area is 146 Å². The van der Waals surface area contributed by atoms with Gasteiger partial charge in [0.25, 0.3) is 0 Å². The van der Waals surface area contributed by atoms with Gasteiger partial charge in [0.2, 0.25) is 0 Å². The summed E-state index contributed by atoms with van der Waals surface area (Å²) in [6, 6.07) is 10.5. The number of hydrogen-bond acceptors (Lipinski definition) is 6. The third-order valence-corrected chi connectivity index (χ3v) is 4.91. The molecule has 1 saturated heterocycles. The van der Waals surface area contributed by atoms with Gasteiger partial charge in [-0.15, -0.1) is 0 Å². The summed E-state index contributed by atoms with van der Waals surface area (Å²) in [5, 5.41) is 13.3. The largest absolute Gasteiger partial charge is 0.376 e. The molecule has 1 fully saturated rings. The molecule has 0 spiro atoms. The van der Waals surface area contributed by atoms with Crippen molar-refractivity contribution >= 4 is 16.5 Å². The lowest BCUT2D eigenvalue weighted by Gasteiger charge is -2.11. The van der Waals surface area contributed by atoms with Crippen LogP contribution in [0.25, 0.3) is 0 Å². The minimum atomic E-state index is 0.258. The van der Waals surface area contributed by atoms with Crippen molar-refractivity contribution in [3.63, 3.8) is 0 Å². The van der Waals surface area contributed by atoms with E-state index in [1.807, 2.05) is 13.0 Å². The highest BCUT2D eigenvalue weighted by Gasteiger charge is 2.15. The van der Waals surface area contributed by atoms with Crippen molar-refractivity contribution in [3.05, 3.63) is 46.6 Å². The first kappa shape index (κ1) is 16.9. The van der Waals surface area contributed by atoms with E-state index in [9.17, 15) is 0 Å². The summed E-state index contributed by atoms with van der Waals surface area (Å²) in [7, 11) is 0. The third kappa shape index (κ3) is 4.32. The first-order valence-corrected chi connectivity index (χ1v) is 8.91. The van der Waals surface area contributed by atoms with E-state index < -0.39 is 0 Å². The summed E-state index contributed by atoms with van der Waals surface area (Å²) >= 11 is 1.33. The number of benzene rings is 1. The summed E-state index contributed by atoms with van der Waals surface area (Å²) in [5.74, 6) is 0. The van der Waals surface area contributed by atoms with Crippen molar-refractivity contribution in [3.8, 4) is 6.07 Å². The SMILES string of the molecule is Cc1nsc(NCc2cccc(COCC3CCCO3)c2)c1C#N. The van der Waals surface area contributed by atoms with Gasteiger partial charge in [-0.25, -0.2) is 0 Å². The molecule has 0 aliphatic carbocycles. The van der Waals surface area contributed by atoms with Gasteiger partial charge in [0, 0.05) is 13.2 Å². The van der Waals surface area contributed by atoms with Gasteiger partial charge in [-0.1, -0.05) is 24.3 Å². The predicted molar refractivity (Wildman–Crippen MR) is 94.0 cm³/mol. The molecule has 3 rings (SSSR count). The molecule has 0 bridgehead atoms. The van der Waals surface area contributed by atoms with E-state index in [1.54, 1.807) is 0 Å². The van der Waals surface area contributed by atoms with Crippen LogP contribution >= 0.6 is 11.5 Å². The Morgan fingerprint density at radius 1 is 1.46 bits per heavy atom. The van der Waals surface area contributed by atoms with Crippen molar-refractivity contribution < 1.29 is 9.47 Å². The van der Waals surface area contributed by atoms with E-state index in [0.717, 1.165) is 41.3 Å². The lowest BCUT2D eigenvalue weighted by molar-refractivity contribution is 0.0106. The van der Waals surface area contributed by atoms with Crippen molar-refractivity contribution in [2.75, 3.05) is 18.5 Å². The number of nitrogens with one attached hydrogen (secondary N) is 1. The van der Waals surface area contributed by atoms with Gasteiger partial charge in [0.05, 0.1) is 25.0 Å². The first-order chi connectivity index (χ1) is 11.8. The van der Waals surface area contributed by atoms with Crippen LogP contribution in [0.4, 0.5) is 5.00 Å². The van der Waals surface area contributed by atoms with Crippen molar-refractivity contribution in [1.82, 2.24) is 4.37 Å². The molecule has 0 radical (unpaired) electrons. The van der Waals surface area contributed by atoms with Crippen LogP contribution in [-0.4, -0.2) is 23.7 Å². The van der Waals surface area contributed by atoms with Gasteiger partial charge in [-0.3, -0.25) is 0 Å². The molecule has 1 atom stereocenters. The Morgan fingerprint density at radius 3 is 3.12 bits per heavy atom. The number of aromatic nitrogens is 1. The third-order valence-electron chi connectivity index (χ3n) is 4.02. The van der Waals surface area contributed by atoms with Crippen molar-refractivity contribution in [2.24, 2.45) is 0 Å². The summed E-state index contributed by atoms with van der Waals surface area (Å²) in [4.78, 5) is 0. The lowest BCUT2D eigenvalue weighted by Crippen LogP contribution is -2.13. The molecule has 1 aromatic heterocycles. The van der Waals surface area contributed by atoms with Crippen LogP contribution in [0.2, 0.25) is 0 Å². The molecule has 1 aromatic carbocycles. The minimum Gasteiger partial charge on any atom is -0.376 e. The van der Waals surface area contributed by atoms with Crippen LogP contribution in [0.15, 0.2) is 24.3 Å². The second-order valence-electron chi connectivity index (χ2n) is 5.91. The molecule has 1 aliphatic heterocycles. The van der Waals surface area contributed by atoms with Crippen molar-refractivity contribution in [2.45, 2.75) is 39.0 Å². The topological polar surface area (TPSA) is 67.2 Å². The molecular weight excluding hydrogens is 322 g/mol. The lowest BCUT2D eigenvalue weighted by atomic mass is 10.1. The Morgan fingerprint density at radius 2 is 2.33 bits per heavy atom. The average molecular weight is 343 g/mol. The molecule has 5 nitrogen and oxygen atoms in total. The van der Waals surface area contributed by atoms with Crippen LogP contribution in [0.1, 0.15) is 35.2 Å². The quantitative estimate of drug-likeness (QED) is 0.831. The smallest absolute Gasteiger partial charge is 0.127 e. The summed E-state index contributed by atoms with van der Waals surface area (Å²) in [6.45, 7) is 4.63. The van der Waals surface area contributed by atoms with Crippen LogP contribution in [0.3, 0.4) is 0 Å². The second-order valence-corrected chi connectivity index (χ2v) is 6.68. The van der Waals surface area contributed by atoms with Gasteiger partial charge in [0.1, 0.15) is 16.6 Å². The van der Waals surface area contributed by atoms with E-state index in [2.05, 4.69) is 34.0 Å². The van der Waals surface area contributed by atoms with Crippen LogP contribution in [0.5, 0.6) is 0 Å². The number of hydrogen-bond donors (Lipinski definition) is 1. The molecule has 1 aliphatic rings. The molecule has 24 heavy (non-hydrogen) atoms. The van der Waals surface area contributed by atoms with Crippen molar-refractivity contribution in [1.29, 1.82) is 5.26 Å². The van der Waals surface area contributed by atoms with E-state index >= 15 is 0 Å². The summed E-state index contributed by atoms with van der Waals surface area (Å²) in [5.41, 5.74) is 3.72. The van der Waals surface area contributed by atoms with E-state index in [4.69, 9.17) is 14.7 Å². The average Bonchev–Trinajstić information content (AvgIpc) is 3.23. The Kier molecular flexibility index (Phi) is 5.81. The van der Waals surface area contributed by atoms with E-state index in [1.165, 1.54) is 11.5 Å². The monoisotopic (exact) mass is 343 g/mol. The molecule has 0 amide bonds. The Hall–Kier alpha value is -1.94. The highest BCUT2D eigenvalue weighted by Crippen LogP contribution is 2.24. The highest BCUT2D eigenvalue weighted by atomic mass is 32.1. The molecular formula is C18H21N3O2S. The number of rotatable bonds is 7. The number of nitriles is 1. The normalized spacial score (nSPS) is 16.9. The Bertz CT molecular complexity index is 717. The summed E-state index contributed by atoms with van der Waals surface area (Å²) in [6.07, 6.45) is 2.49. The molecule has 126 valence electrons. The maximum Gasteiger partial charge on any atom is 0.127 e. The van der Waals surface area contributed by atoms with Gasteiger partial charge < -0.3 is 14.8 Å². The van der Waals surface area contributed by atoms with E-state index in [-0.39, 0.29) is 6.10 Å². The molecule has 2 heterocycles. The number of anilines is 1. The molecule has 1 unspecified atom stereocenters. The molecule has 0 saturated carbocycles. The minimum absolute atomic E-state index is 0.258. The van der Waals surface area contributed by atoms with Gasteiger partial charge >= 0.3 is 0 Å². The van der Waals surface area contributed by atoms with Crippen LogP contribution < -0.4 is 5.32 Å². The zero-order valence-corrected chi connectivity index (χ0v) is 14.6. The highest BCUT2D eigenvalue weighted by molar-refractivity contribution is 7.10. The zero-order valence-electron chi connectivity index (χ0n) is 13.7. The van der Waals surface area contributed by atoms with E-state index in [0.29, 0.717) is 25.3 Å². The summed E-state index contributed by atoms with van der Waals surface area (Å²) < 4.78 is 15.5. The van der Waals surface area contributed by atoms with Gasteiger partial charge in [0.15, 0.2) is 0 Å². The predicted octanol–water partition coefficient (Wildman–Crippen LogP) is 3.63. The fraction of sp³-hybridized carbons (Fsp3) is 0.444. The molecule has 1 N–H and O–H groups in total. The first-order valence-electron chi connectivity index (χ1n) is 8.13. The maximum atomic E-state index is 9.17. The molecule has 2 aromatic rings. The van der Waals surface area contributed by atoms with Gasteiger partial charge in [-0.2, -0.15) is 9.64 Å². The molecule has 6 heteroatoms. The maximum absolute atomic E-state index is 9.17.